The van der Waals surface area contributed by atoms with Crippen molar-refractivity contribution in [2.24, 2.45) is 0 Å². The van der Waals surface area contributed by atoms with E-state index in [1.807, 2.05) is 12.1 Å². The molecule has 2 rings (SSSR count). The van der Waals surface area contributed by atoms with E-state index in [0.29, 0.717) is 12.1 Å². The second-order valence-electron chi connectivity index (χ2n) is 3.99. The number of nitrogens with one attached hydrogen (secondary N) is 1. The Balaban J connectivity index is 2.04. The number of carbonyl (C=O) groups excluding carboxylic acids is 1. The molecule has 0 aliphatic carbocycles. The van der Waals surface area contributed by atoms with Gasteiger partial charge in [0.2, 0.25) is 0 Å². The molecule has 0 aliphatic rings. The number of carbonyl (C=O) groups is 1. The molecule has 0 saturated heterocycles. The Morgan fingerprint density at radius 2 is 1.95 bits per heavy atom. The topological polar surface area (TPSA) is 62.2 Å². The maximum absolute atomic E-state index is 12.7. The van der Waals surface area contributed by atoms with Crippen LogP contribution in [0.1, 0.15) is 16.1 Å². The Labute approximate surface area is 109 Å². The first-order valence-corrected chi connectivity index (χ1v) is 5.82. The number of amides is 1. The molecule has 1 aromatic heterocycles. The molecule has 0 radical (unpaired) electrons. The third kappa shape index (κ3) is 3.59. The summed E-state index contributed by atoms with van der Waals surface area (Å²) in [5.41, 5.74) is 1.76. The SMILES string of the molecule is O=C(Nc1ccc(CCO)cc1)c1ccc(F)cn1. The van der Waals surface area contributed by atoms with E-state index in [0.717, 1.165) is 11.8 Å². The molecule has 0 spiro atoms. The predicted molar refractivity (Wildman–Crippen MR) is 69.4 cm³/mol. The summed E-state index contributed by atoms with van der Waals surface area (Å²) in [7, 11) is 0. The summed E-state index contributed by atoms with van der Waals surface area (Å²) < 4.78 is 12.7. The zero-order chi connectivity index (χ0) is 13.7. The van der Waals surface area contributed by atoms with E-state index in [-0.39, 0.29) is 12.3 Å². The van der Waals surface area contributed by atoms with Gasteiger partial charge < -0.3 is 10.4 Å². The third-order valence-electron chi connectivity index (χ3n) is 2.57. The highest BCUT2D eigenvalue weighted by Gasteiger charge is 2.07. The number of aliphatic hydroxyl groups is 1. The van der Waals surface area contributed by atoms with E-state index in [1.165, 1.54) is 12.1 Å². The van der Waals surface area contributed by atoms with Crippen LogP contribution in [0.25, 0.3) is 0 Å². The molecule has 98 valence electrons. The van der Waals surface area contributed by atoms with Crippen LogP contribution in [0.2, 0.25) is 0 Å². The van der Waals surface area contributed by atoms with Gasteiger partial charge in [0.15, 0.2) is 0 Å². The molecule has 2 N–H and O–H groups in total. The Morgan fingerprint density at radius 1 is 1.21 bits per heavy atom. The van der Waals surface area contributed by atoms with Crippen molar-refractivity contribution in [1.29, 1.82) is 0 Å². The van der Waals surface area contributed by atoms with Crippen LogP contribution in [0, 0.1) is 5.82 Å². The van der Waals surface area contributed by atoms with Gasteiger partial charge in [-0.3, -0.25) is 4.79 Å². The molecule has 1 amide bonds. The summed E-state index contributed by atoms with van der Waals surface area (Å²) in [5, 5.41) is 11.5. The summed E-state index contributed by atoms with van der Waals surface area (Å²) in [4.78, 5) is 15.5. The monoisotopic (exact) mass is 260 g/mol. The van der Waals surface area contributed by atoms with Gasteiger partial charge in [-0.1, -0.05) is 12.1 Å². The minimum absolute atomic E-state index is 0.0885. The zero-order valence-electron chi connectivity index (χ0n) is 10.1. The first-order valence-electron chi connectivity index (χ1n) is 5.82. The minimum atomic E-state index is -0.482. The van der Waals surface area contributed by atoms with Crippen molar-refractivity contribution < 1.29 is 14.3 Å². The van der Waals surface area contributed by atoms with Crippen LogP contribution < -0.4 is 5.32 Å². The molecule has 1 heterocycles. The van der Waals surface area contributed by atoms with Crippen molar-refractivity contribution in [3.63, 3.8) is 0 Å². The molecule has 1 aromatic carbocycles. The van der Waals surface area contributed by atoms with Crippen LogP contribution in [0.15, 0.2) is 42.6 Å². The summed E-state index contributed by atoms with van der Waals surface area (Å²) in [5.74, 6) is -0.875. The highest BCUT2D eigenvalue weighted by molar-refractivity contribution is 6.02. The molecule has 0 fully saturated rings. The van der Waals surface area contributed by atoms with Crippen LogP contribution in [-0.4, -0.2) is 22.6 Å². The van der Waals surface area contributed by atoms with E-state index >= 15 is 0 Å². The molecule has 0 bridgehead atoms. The zero-order valence-corrected chi connectivity index (χ0v) is 10.1. The van der Waals surface area contributed by atoms with Gasteiger partial charge in [-0.2, -0.15) is 0 Å². The molecule has 5 heteroatoms. The number of benzene rings is 1. The van der Waals surface area contributed by atoms with Gasteiger partial charge in [0.25, 0.3) is 5.91 Å². The van der Waals surface area contributed by atoms with Gasteiger partial charge in [-0.15, -0.1) is 0 Å². The van der Waals surface area contributed by atoms with Crippen molar-refractivity contribution in [3.05, 3.63) is 59.7 Å². The van der Waals surface area contributed by atoms with E-state index in [9.17, 15) is 9.18 Å². The van der Waals surface area contributed by atoms with Gasteiger partial charge >= 0.3 is 0 Å². The lowest BCUT2D eigenvalue weighted by Gasteiger charge is -2.05. The van der Waals surface area contributed by atoms with Gasteiger partial charge in [-0.05, 0) is 36.2 Å². The number of nitrogens with zero attached hydrogens (tertiary/aromatic N) is 1. The molecule has 4 nitrogen and oxygen atoms in total. The lowest BCUT2D eigenvalue weighted by molar-refractivity contribution is 0.102. The number of halogens is 1. The average molecular weight is 260 g/mol. The Hall–Kier alpha value is -2.27. The molecular weight excluding hydrogens is 247 g/mol. The molecule has 2 aromatic rings. The lowest BCUT2D eigenvalue weighted by atomic mass is 10.1. The maximum atomic E-state index is 12.7. The van der Waals surface area contributed by atoms with E-state index in [2.05, 4.69) is 10.3 Å². The van der Waals surface area contributed by atoms with Gasteiger partial charge in [0.1, 0.15) is 11.5 Å². The Kier molecular flexibility index (Phi) is 4.20. The quantitative estimate of drug-likeness (QED) is 0.884. The number of pyridine rings is 1. The fraction of sp³-hybridized carbons (Fsp3) is 0.143. The number of anilines is 1. The smallest absolute Gasteiger partial charge is 0.274 e. The normalized spacial score (nSPS) is 10.2. The van der Waals surface area contributed by atoms with E-state index in [4.69, 9.17) is 5.11 Å². The van der Waals surface area contributed by atoms with Crippen molar-refractivity contribution in [2.45, 2.75) is 6.42 Å². The van der Waals surface area contributed by atoms with Crippen LogP contribution in [0.3, 0.4) is 0 Å². The van der Waals surface area contributed by atoms with Crippen molar-refractivity contribution >= 4 is 11.6 Å². The van der Waals surface area contributed by atoms with Gasteiger partial charge in [0.05, 0.1) is 6.20 Å². The summed E-state index contributed by atoms with van der Waals surface area (Å²) in [6.07, 6.45) is 1.58. The van der Waals surface area contributed by atoms with Crippen molar-refractivity contribution in [2.75, 3.05) is 11.9 Å². The maximum Gasteiger partial charge on any atom is 0.274 e. The highest BCUT2D eigenvalue weighted by Crippen LogP contribution is 2.11. The van der Waals surface area contributed by atoms with Crippen LogP contribution in [-0.2, 0) is 6.42 Å². The molecule has 0 aliphatic heterocycles. The van der Waals surface area contributed by atoms with Gasteiger partial charge in [-0.25, -0.2) is 9.37 Å². The summed E-state index contributed by atoms with van der Waals surface area (Å²) in [6.45, 7) is 0.0885. The summed E-state index contributed by atoms with van der Waals surface area (Å²) in [6, 6.07) is 9.64. The number of rotatable bonds is 4. The van der Waals surface area contributed by atoms with Crippen molar-refractivity contribution in [3.8, 4) is 0 Å². The highest BCUT2D eigenvalue weighted by atomic mass is 19.1. The van der Waals surface area contributed by atoms with Crippen molar-refractivity contribution in [1.82, 2.24) is 4.98 Å². The molecule has 19 heavy (non-hydrogen) atoms. The van der Waals surface area contributed by atoms with E-state index in [1.54, 1.807) is 12.1 Å². The van der Waals surface area contributed by atoms with Crippen LogP contribution in [0.4, 0.5) is 10.1 Å². The number of aromatic nitrogens is 1. The average Bonchev–Trinajstić information content (AvgIpc) is 2.42. The lowest BCUT2D eigenvalue weighted by Crippen LogP contribution is -2.13. The fourth-order valence-corrected chi connectivity index (χ4v) is 1.59. The summed E-state index contributed by atoms with van der Waals surface area (Å²) >= 11 is 0. The number of hydrogen-bond acceptors (Lipinski definition) is 3. The predicted octanol–water partition coefficient (Wildman–Crippen LogP) is 2.01. The fourth-order valence-electron chi connectivity index (χ4n) is 1.59. The standard InChI is InChI=1S/C14H13FN2O2/c15-11-3-6-13(16-9-11)14(19)17-12-4-1-10(2-5-12)7-8-18/h1-6,9,18H,7-8H2,(H,17,19). The minimum Gasteiger partial charge on any atom is -0.396 e. The van der Waals surface area contributed by atoms with E-state index < -0.39 is 11.7 Å². The number of aliphatic hydroxyl groups excluding tert-OH is 1. The largest absolute Gasteiger partial charge is 0.396 e. The van der Waals surface area contributed by atoms with Gasteiger partial charge in [0, 0.05) is 12.3 Å². The molecular formula is C14H13FN2O2. The van der Waals surface area contributed by atoms with Crippen LogP contribution >= 0.6 is 0 Å². The Bertz CT molecular complexity index is 553. The molecule has 0 atom stereocenters. The Morgan fingerprint density at radius 3 is 2.53 bits per heavy atom. The second-order valence-corrected chi connectivity index (χ2v) is 3.99. The number of hydrogen-bond donors (Lipinski definition) is 2. The first kappa shape index (κ1) is 13.2. The molecule has 0 saturated carbocycles. The second kappa shape index (κ2) is 6.06. The third-order valence-corrected chi connectivity index (χ3v) is 2.57. The molecule has 0 unspecified atom stereocenters. The van der Waals surface area contributed by atoms with Crippen LogP contribution in [0.5, 0.6) is 0 Å². The first-order chi connectivity index (χ1) is 9.19.